The number of hydrogen-bond acceptors (Lipinski definition) is 1. The molecule has 0 saturated heterocycles. The third kappa shape index (κ3) is 3.32. The van der Waals surface area contributed by atoms with Crippen LogP contribution in [0.3, 0.4) is 0 Å². The summed E-state index contributed by atoms with van der Waals surface area (Å²) in [4.78, 5) is 3.97. The van der Waals surface area contributed by atoms with Crippen LogP contribution < -0.4 is 11.1 Å². The highest BCUT2D eigenvalue weighted by Crippen LogP contribution is 2.50. The fraction of sp³-hybridized carbons (Fsp3) is 0.900. The van der Waals surface area contributed by atoms with E-state index in [1.807, 2.05) is 13.8 Å². The largest absolute Gasteiger partial charge is 0.370 e. The minimum atomic E-state index is -2.28. The lowest BCUT2D eigenvalue weighted by molar-refractivity contribution is 0.0667. The summed E-state index contributed by atoms with van der Waals surface area (Å²) in [5, 5.41) is 2.95. The first-order chi connectivity index (χ1) is 7.00. The van der Waals surface area contributed by atoms with Crippen LogP contribution in [0.5, 0.6) is 0 Å². The molecule has 0 bridgehead atoms. The molecule has 1 rings (SSSR count). The summed E-state index contributed by atoms with van der Waals surface area (Å²) in [6, 6.07) is 0.232. The summed E-state index contributed by atoms with van der Waals surface area (Å²) in [7, 11) is 0. The van der Waals surface area contributed by atoms with Gasteiger partial charge in [-0.3, -0.25) is 4.99 Å². The van der Waals surface area contributed by atoms with Crippen LogP contribution in [-0.2, 0) is 0 Å². The molecule has 0 spiro atoms. The molecular formula is C10H19F2N3. The molecule has 0 aromatic heterocycles. The van der Waals surface area contributed by atoms with Crippen molar-refractivity contribution < 1.29 is 8.78 Å². The Morgan fingerprint density at radius 2 is 2.13 bits per heavy atom. The van der Waals surface area contributed by atoms with Gasteiger partial charge >= 0.3 is 0 Å². The molecule has 1 aliphatic carbocycles. The lowest BCUT2D eigenvalue weighted by atomic mass is 10.1. The highest BCUT2D eigenvalue weighted by molar-refractivity contribution is 5.78. The Kier molecular flexibility index (Phi) is 3.88. The molecule has 1 saturated carbocycles. The van der Waals surface area contributed by atoms with Gasteiger partial charge < -0.3 is 11.1 Å². The molecule has 0 amide bonds. The minimum Gasteiger partial charge on any atom is -0.370 e. The maximum absolute atomic E-state index is 12.5. The fourth-order valence-electron chi connectivity index (χ4n) is 1.25. The number of nitrogens with zero attached hydrogens (tertiary/aromatic N) is 1. The summed E-state index contributed by atoms with van der Waals surface area (Å²) in [6.45, 7) is 4.13. The lowest BCUT2D eigenvalue weighted by Crippen LogP contribution is -2.38. The number of halogens is 2. The zero-order valence-electron chi connectivity index (χ0n) is 9.26. The van der Waals surface area contributed by atoms with Crippen LogP contribution in [0.25, 0.3) is 0 Å². The third-order valence-corrected chi connectivity index (χ3v) is 2.93. The first kappa shape index (κ1) is 12.2. The average Bonchev–Trinajstić information content (AvgIpc) is 2.95. The van der Waals surface area contributed by atoms with Gasteiger partial charge in [0, 0.05) is 6.04 Å². The Bertz CT molecular complexity index is 237. The summed E-state index contributed by atoms with van der Waals surface area (Å²) < 4.78 is 25.0. The number of nitrogens with one attached hydrogen (secondary N) is 1. The van der Waals surface area contributed by atoms with Crippen molar-refractivity contribution in [1.82, 2.24) is 5.32 Å². The van der Waals surface area contributed by atoms with Crippen molar-refractivity contribution in [2.45, 2.75) is 45.6 Å². The first-order valence-electron chi connectivity index (χ1n) is 5.35. The number of hydrogen-bond donors (Lipinski definition) is 2. The Hall–Kier alpha value is -0.870. The first-order valence-corrected chi connectivity index (χ1v) is 5.35. The molecule has 1 unspecified atom stereocenters. The average molecular weight is 219 g/mol. The molecule has 3 nitrogen and oxygen atoms in total. The predicted octanol–water partition coefficient (Wildman–Crippen LogP) is 1.73. The van der Waals surface area contributed by atoms with Crippen LogP contribution in [0.4, 0.5) is 8.78 Å². The summed E-state index contributed by atoms with van der Waals surface area (Å²) in [5.41, 5.74) is 4.71. The van der Waals surface area contributed by atoms with Gasteiger partial charge in [0.1, 0.15) is 0 Å². The second-order valence-corrected chi connectivity index (χ2v) is 4.32. The van der Waals surface area contributed by atoms with Crippen molar-refractivity contribution >= 4 is 5.96 Å². The molecule has 88 valence electrons. The van der Waals surface area contributed by atoms with Gasteiger partial charge in [-0.25, -0.2) is 8.78 Å². The van der Waals surface area contributed by atoms with Crippen molar-refractivity contribution in [3.63, 3.8) is 0 Å². The van der Waals surface area contributed by atoms with E-state index in [-0.39, 0.29) is 18.5 Å². The zero-order valence-corrected chi connectivity index (χ0v) is 9.26. The van der Waals surface area contributed by atoms with Gasteiger partial charge in [0.15, 0.2) is 5.96 Å². The van der Waals surface area contributed by atoms with Gasteiger partial charge in [0.05, 0.1) is 12.0 Å². The fourth-order valence-corrected chi connectivity index (χ4v) is 1.25. The van der Waals surface area contributed by atoms with E-state index < -0.39 is 11.8 Å². The summed E-state index contributed by atoms with van der Waals surface area (Å²) in [5.74, 6) is 0.274. The maximum Gasteiger partial charge on any atom is 0.245 e. The highest BCUT2D eigenvalue weighted by Gasteiger charge is 2.50. The van der Waals surface area contributed by atoms with Crippen LogP contribution in [0.15, 0.2) is 4.99 Å². The van der Waals surface area contributed by atoms with Gasteiger partial charge in [0.25, 0.3) is 0 Å². The molecule has 5 heteroatoms. The van der Waals surface area contributed by atoms with E-state index in [1.165, 1.54) is 0 Å². The van der Waals surface area contributed by atoms with Crippen LogP contribution in [0, 0.1) is 5.41 Å². The van der Waals surface area contributed by atoms with Crippen LogP contribution >= 0.6 is 0 Å². The van der Waals surface area contributed by atoms with Crippen LogP contribution in [-0.4, -0.2) is 25.0 Å². The van der Waals surface area contributed by atoms with Gasteiger partial charge in [-0.15, -0.1) is 0 Å². The van der Waals surface area contributed by atoms with E-state index in [2.05, 4.69) is 10.3 Å². The Morgan fingerprint density at radius 3 is 2.53 bits per heavy atom. The van der Waals surface area contributed by atoms with Crippen LogP contribution in [0.1, 0.15) is 33.1 Å². The number of aliphatic imine (C=N–C) groups is 1. The smallest absolute Gasteiger partial charge is 0.245 e. The minimum absolute atomic E-state index is 0.139. The molecule has 0 aromatic rings. The Balaban J connectivity index is 2.37. The molecule has 0 aromatic carbocycles. The summed E-state index contributed by atoms with van der Waals surface area (Å²) in [6.07, 6.45) is -0.233. The van der Waals surface area contributed by atoms with E-state index in [0.717, 1.165) is 6.42 Å². The predicted molar refractivity (Wildman–Crippen MR) is 57.0 cm³/mol. The SMILES string of the molecule is CCC(C)NC(N)=NCC1(C(F)F)CC1. The number of rotatable bonds is 5. The zero-order chi connectivity index (χ0) is 11.5. The molecule has 1 fully saturated rings. The van der Waals surface area contributed by atoms with Crippen LogP contribution in [0.2, 0.25) is 0 Å². The van der Waals surface area contributed by atoms with Gasteiger partial charge in [-0.05, 0) is 26.2 Å². The third-order valence-electron chi connectivity index (χ3n) is 2.93. The molecule has 1 atom stereocenters. The second-order valence-electron chi connectivity index (χ2n) is 4.32. The van der Waals surface area contributed by atoms with Gasteiger partial charge in [0.2, 0.25) is 6.43 Å². The molecule has 15 heavy (non-hydrogen) atoms. The van der Waals surface area contributed by atoms with Crippen molar-refractivity contribution in [3.05, 3.63) is 0 Å². The van der Waals surface area contributed by atoms with Crippen molar-refractivity contribution in [2.24, 2.45) is 16.1 Å². The topological polar surface area (TPSA) is 50.4 Å². The van der Waals surface area contributed by atoms with E-state index >= 15 is 0 Å². The number of guanidine groups is 1. The summed E-state index contributed by atoms with van der Waals surface area (Å²) >= 11 is 0. The molecular weight excluding hydrogens is 200 g/mol. The van der Waals surface area contributed by atoms with E-state index in [4.69, 9.17) is 5.73 Å². The second kappa shape index (κ2) is 4.77. The molecule has 3 N–H and O–H groups in total. The Morgan fingerprint density at radius 1 is 1.53 bits per heavy atom. The lowest BCUT2D eigenvalue weighted by Gasteiger charge is -2.14. The monoisotopic (exact) mass is 219 g/mol. The quantitative estimate of drug-likeness (QED) is 0.546. The molecule has 0 radical (unpaired) electrons. The maximum atomic E-state index is 12.5. The Labute approximate surface area is 89.1 Å². The molecule has 0 aliphatic heterocycles. The van der Waals surface area contributed by atoms with Crippen molar-refractivity contribution in [3.8, 4) is 0 Å². The van der Waals surface area contributed by atoms with E-state index in [1.54, 1.807) is 0 Å². The molecule has 0 heterocycles. The molecule has 1 aliphatic rings. The number of nitrogens with two attached hydrogens (primary N) is 1. The van der Waals surface area contributed by atoms with Crippen molar-refractivity contribution in [2.75, 3.05) is 6.54 Å². The van der Waals surface area contributed by atoms with E-state index in [0.29, 0.717) is 12.8 Å². The van der Waals surface area contributed by atoms with Gasteiger partial charge in [-0.1, -0.05) is 6.92 Å². The standard InChI is InChI=1S/C10H19F2N3/c1-3-7(2)15-9(13)14-6-10(4-5-10)8(11)12/h7-8H,3-6H2,1-2H3,(H3,13,14,15). The van der Waals surface area contributed by atoms with Gasteiger partial charge in [-0.2, -0.15) is 0 Å². The van der Waals surface area contributed by atoms with Crippen molar-refractivity contribution in [1.29, 1.82) is 0 Å². The van der Waals surface area contributed by atoms with E-state index in [9.17, 15) is 8.78 Å². The normalized spacial score (nSPS) is 21.5. The highest BCUT2D eigenvalue weighted by atomic mass is 19.3. The number of alkyl halides is 2.